The molecule has 0 aliphatic rings. The molecule has 0 radical (unpaired) electrons. The molecule has 2 aromatic carbocycles. The van der Waals surface area contributed by atoms with Crippen molar-refractivity contribution in [2.24, 2.45) is 0 Å². The summed E-state index contributed by atoms with van der Waals surface area (Å²) in [6.45, 7) is 4.69. The third kappa shape index (κ3) is 4.90. The van der Waals surface area contributed by atoms with E-state index < -0.39 is 0 Å². The van der Waals surface area contributed by atoms with Gasteiger partial charge in [0.25, 0.3) is 5.91 Å². The molecule has 1 N–H and O–H groups in total. The van der Waals surface area contributed by atoms with Gasteiger partial charge in [-0.15, -0.1) is 22.0 Å². The number of benzene rings is 2. The van der Waals surface area contributed by atoms with E-state index in [9.17, 15) is 4.79 Å². The van der Waals surface area contributed by atoms with E-state index in [1.165, 1.54) is 27.4 Å². The second kappa shape index (κ2) is 8.27. The van der Waals surface area contributed by atoms with Crippen molar-refractivity contribution in [2.75, 3.05) is 0 Å². The Morgan fingerprint density at radius 2 is 1.92 bits per heavy atom. The number of carbonyl (C=O) groups is 1. The SMILES string of the molecule is Cc1ccc(SCc2nnc(C(=O)NCc3ccccc3)s2)c(C)c1. The normalized spacial score (nSPS) is 10.6. The molecule has 1 aromatic heterocycles. The molecule has 0 aliphatic heterocycles. The summed E-state index contributed by atoms with van der Waals surface area (Å²) in [5.74, 6) is 0.539. The number of nitrogens with one attached hydrogen (secondary N) is 1. The number of hydrogen-bond donors (Lipinski definition) is 1. The van der Waals surface area contributed by atoms with Crippen LogP contribution in [0.1, 0.15) is 31.5 Å². The van der Waals surface area contributed by atoms with Gasteiger partial charge in [0.2, 0.25) is 5.01 Å². The lowest BCUT2D eigenvalue weighted by atomic mass is 10.2. The molecule has 25 heavy (non-hydrogen) atoms. The van der Waals surface area contributed by atoms with Gasteiger partial charge in [0.1, 0.15) is 5.01 Å². The molecule has 0 saturated heterocycles. The van der Waals surface area contributed by atoms with Gasteiger partial charge in [0.15, 0.2) is 0 Å². The predicted molar refractivity (Wildman–Crippen MR) is 103 cm³/mol. The fourth-order valence-electron chi connectivity index (χ4n) is 2.36. The largest absolute Gasteiger partial charge is 0.346 e. The molecule has 6 heteroatoms. The summed E-state index contributed by atoms with van der Waals surface area (Å²) in [6.07, 6.45) is 0. The van der Waals surface area contributed by atoms with Crippen molar-refractivity contribution >= 4 is 29.0 Å². The molecule has 3 rings (SSSR count). The molecule has 0 atom stereocenters. The van der Waals surface area contributed by atoms with Crippen molar-refractivity contribution in [3.8, 4) is 0 Å². The number of amides is 1. The molecular formula is C19H19N3OS2. The molecule has 0 unspecified atom stereocenters. The van der Waals surface area contributed by atoms with E-state index in [1.807, 2.05) is 30.3 Å². The Bertz CT molecular complexity index is 862. The Labute approximate surface area is 155 Å². The molecule has 0 bridgehead atoms. The number of aryl methyl sites for hydroxylation is 2. The maximum atomic E-state index is 12.2. The first-order chi connectivity index (χ1) is 12.1. The zero-order valence-electron chi connectivity index (χ0n) is 14.2. The Morgan fingerprint density at radius 1 is 1.12 bits per heavy atom. The van der Waals surface area contributed by atoms with Crippen LogP contribution in [0.5, 0.6) is 0 Å². The predicted octanol–water partition coefficient (Wildman–Crippen LogP) is 4.38. The topological polar surface area (TPSA) is 54.9 Å². The highest BCUT2D eigenvalue weighted by atomic mass is 32.2. The minimum atomic E-state index is -0.177. The zero-order valence-corrected chi connectivity index (χ0v) is 15.8. The van der Waals surface area contributed by atoms with Gasteiger partial charge in [-0.3, -0.25) is 4.79 Å². The zero-order chi connectivity index (χ0) is 17.6. The maximum absolute atomic E-state index is 12.2. The number of hydrogen-bond acceptors (Lipinski definition) is 5. The standard InChI is InChI=1S/C19H19N3OS2/c1-13-8-9-16(14(2)10-13)24-12-17-21-22-19(25-17)18(23)20-11-15-6-4-3-5-7-15/h3-10H,11-12H2,1-2H3,(H,20,23). The van der Waals surface area contributed by atoms with Gasteiger partial charge in [-0.2, -0.15) is 0 Å². The molecule has 0 aliphatic carbocycles. The summed E-state index contributed by atoms with van der Waals surface area (Å²) in [6, 6.07) is 16.2. The van der Waals surface area contributed by atoms with E-state index in [0.717, 1.165) is 10.6 Å². The van der Waals surface area contributed by atoms with Crippen LogP contribution in [0.4, 0.5) is 0 Å². The first kappa shape index (κ1) is 17.6. The van der Waals surface area contributed by atoms with Gasteiger partial charge in [-0.1, -0.05) is 59.4 Å². The van der Waals surface area contributed by atoms with Crippen molar-refractivity contribution in [1.82, 2.24) is 15.5 Å². The third-order valence-corrected chi connectivity index (χ3v) is 5.93. The van der Waals surface area contributed by atoms with Crippen LogP contribution < -0.4 is 5.32 Å². The van der Waals surface area contributed by atoms with Crippen molar-refractivity contribution in [3.05, 3.63) is 75.2 Å². The van der Waals surface area contributed by atoms with E-state index in [0.29, 0.717) is 17.3 Å². The summed E-state index contributed by atoms with van der Waals surface area (Å²) in [7, 11) is 0. The van der Waals surface area contributed by atoms with Crippen LogP contribution >= 0.6 is 23.1 Å². The maximum Gasteiger partial charge on any atom is 0.282 e. The molecule has 0 spiro atoms. The Morgan fingerprint density at radius 3 is 2.68 bits per heavy atom. The second-order valence-electron chi connectivity index (χ2n) is 5.73. The van der Waals surface area contributed by atoms with E-state index >= 15 is 0 Å². The average Bonchev–Trinajstić information content (AvgIpc) is 3.09. The number of nitrogens with zero attached hydrogens (tertiary/aromatic N) is 2. The average molecular weight is 370 g/mol. The van der Waals surface area contributed by atoms with E-state index in [1.54, 1.807) is 11.8 Å². The quantitative estimate of drug-likeness (QED) is 0.655. The first-order valence-corrected chi connectivity index (χ1v) is 9.76. The minimum Gasteiger partial charge on any atom is -0.346 e. The number of aromatic nitrogens is 2. The van der Waals surface area contributed by atoms with E-state index in [-0.39, 0.29) is 5.91 Å². The van der Waals surface area contributed by atoms with Gasteiger partial charge < -0.3 is 5.32 Å². The molecule has 0 saturated carbocycles. The summed E-state index contributed by atoms with van der Waals surface area (Å²) in [5, 5.41) is 12.3. The van der Waals surface area contributed by atoms with Gasteiger partial charge in [0.05, 0.1) is 5.75 Å². The minimum absolute atomic E-state index is 0.177. The summed E-state index contributed by atoms with van der Waals surface area (Å²) in [4.78, 5) is 13.4. The van der Waals surface area contributed by atoms with Gasteiger partial charge in [-0.25, -0.2) is 0 Å². The Balaban J connectivity index is 1.55. The van der Waals surface area contributed by atoms with E-state index in [4.69, 9.17) is 0 Å². The van der Waals surface area contributed by atoms with Crippen LogP contribution in [0, 0.1) is 13.8 Å². The van der Waals surface area contributed by atoms with Crippen molar-refractivity contribution < 1.29 is 4.79 Å². The highest BCUT2D eigenvalue weighted by molar-refractivity contribution is 7.98. The van der Waals surface area contributed by atoms with Crippen LogP contribution in [0.25, 0.3) is 0 Å². The summed E-state index contributed by atoms with van der Waals surface area (Å²) < 4.78 is 0. The molecule has 4 nitrogen and oxygen atoms in total. The molecule has 1 heterocycles. The lowest BCUT2D eigenvalue weighted by Crippen LogP contribution is -2.22. The molecular weight excluding hydrogens is 350 g/mol. The van der Waals surface area contributed by atoms with Crippen LogP contribution in [-0.2, 0) is 12.3 Å². The molecule has 128 valence electrons. The molecule has 1 amide bonds. The van der Waals surface area contributed by atoms with Gasteiger partial charge >= 0.3 is 0 Å². The van der Waals surface area contributed by atoms with Crippen molar-refractivity contribution in [1.29, 1.82) is 0 Å². The van der Waals surface area contributed by atoms with Crippen LogP contribution in [-0.4, -0.2) is 16.1 Å². The van der Waals surface area contributed by atoms with Gasteiger partial charge in [0, 0.05) is 11.4 Å². The summed E-state index contributed by atoms with van der Waals surface area (Å²) >= 11 is 3.07. The third-order valence-electron chi connectivity index (χ3n) is 3.64. The van der Waals surface area contributed by atoms with Crippen LogP contribution in [0.15, 0.2) is 53.4 Å². The Hall–Kier alpha value is -2.18. The number of rotatable bonds is 6. The lowest BCUT2D eigenvalue weighted by Gasteiger charge is -2.04. The number of carbonyl (C=O) groups excluding carboxylic acids is 1. The highest BCUT2D eigenvalue weighted by Gasteiger charge is 2.13. The fourth-order valence-corrected chi connectivity index (χ4v) is 4.11. The van der Waals surface area contributed by atoms with Crippen molar-refractivity contribution in [3.63, 3.8) is 0 Å². The van der Waals surface area contributed by atoms with E-state index in [2.05, 4.69) is 47.6 Å². The van der Waals surface area contributed by atoms with Crippen molar-refractivity contribution in [2.45, 2.75) is 31.0 Å². The highest BCUT2D eigenvalue weighted by Crippen LogP contribution is 2.27. The lowest BCUT2D eigenvalue weighted by molar-refractivity contribution is 0.0950. The second-order valence-corrected chi connectivity index (χ2v) is 7.81. The first-order valence-electron chi connectivity index (χ1n) is 7.96. The van der Waals surface area contributed by atoms with Gasteiger partial charge in [-0.05, 0) is 31.0 Å². The van der Waals surface area contributed by atoms with Crippen LogP contribution in [0.2, 0.25) is 0 Å². The smallest absolute Gasteiger partial charge is 0.282 e. The monoisotopic (exact) mass is 369 g/mol. The summed E-state index contributed by atoms with van der Waals surface area (Å²) in [5.41, 5.74) is 3.58. The molecule has 3 aromatic rings. The van der Waals surface area contributed by atoms with Crippen LogP contribution in [0.3, 0.4) is 0 Å². The fraction of sp³-hybridized carbons (Fsp3) is 0.211. The Kier molecular flexibility index (Phi) is 5.83. The number of thioether (sulfide) groups is 1. The molecule has 0 fully saturated rings.